The van der Waals surface area contributed by atoms with Crippen LogP contribution in [0.4, 0.5) is 5.13 Å². The summed E-state index contributed by atoms with van der Waals surface area (Å²) in [5.41, 5.74) is 5.68. The Kier molecular flexibility index (Phi) is 3.95. The first-order valence-electron chi connectivity index (χ1n) is 6.20. The van der Waals surface area contributed by atoms with Gasteiger partial charge in [0.1, 0.15) is 0 Å². The summed E-state index contributed by atoms with van der Waals surface area (Å²) in [5, 5.41) is 0.699. The fraction of sp³-hybridized carbons (Fsp3) is 0.750. The van der Waals surface area contributed by atoms with Gasteiger partial charge in [-0.2, -0.15) is 0 Å². The molecule has 2 fully saturated rings. The third-order valence-electron chi connectivity index (χ3n) is 3.75. The van der Waals surface area contributed by atoms with Gasteiger partial charge in [0.15, 0.2) is 5.13 Å². The molecule has 0 spiro atoms. The molecule has 17 heavy (non-hydrogen) atoms. The SMILES string of the molecule is CC(C1CC1)N(Cc1cnc(N)s1)C1CC1.Cl. The average molecular weight is 274 g/mol. The maximum atomic E-state index is 5.68. The van der Waals surface area contributed by atoms with Gasteiger partial charge in [0.05, 0.1) is 0 Å². The molecule has 1 aromatic rings. The summed E-state index contributed by atoms with van der Waals surface area (Å²) in [6.45, 7) is 3.44. The maximum absolute atomic E-state index is 5.68. The summed E-state index contributed by atoms with van der Waals surface area (Å²) in [7, 11) is 0. The zero-order chi connectivity index (χ0) is 11.1. The molecule has 1 aromatic heterocycles. The second-order valence-corrected chi connectivity index (χ2v) is 6.29. The number of nitrogens with two attached hydrogens (primary N) is 1. The van der Waals surface area contributed by atoms with Crippen molar-refractivity contribution in [2.75, 3.05) is 5.73 Å². The summed E-state index contributed by atoms with van der Waals surface area (Å²) in [6, 6.07) is 1.58. The number of thiazole rings is 1. The average Bonchev–Trinajstić information content (AvgIpc) is 3.13. The first kappa shape index (κ1) is 13.1. The zero-order valence-electron chi connectivity index (χ0n) is 10.1. The molecule has 0 amide bonds. The van der Waals surface area contributed by atoms with Crippen LogP contribution in [-0.2, 0) is 6.54 Å². The Hall–Kier alpha value is -0.320. The number of hydrogen-bond donors (Lipinski definition) is 1. The molecule has 2 aliphatic carbocycles. The van der Waals surface area contributed by atoms with E-state index in [1.165, 1.54) is 30.6 Å². The van der Waals surface area contributed by atoms with Gasteiger partial charge in [0.25, 0.3) is 0 Å². The molecule has 1 unspecified atom stereocenters. The predicted molar refractivity (Wildman–Crippen MR) is 74.5 cm³/mol. The lowest BCUT2D eigenvalue weighted by atomic mass is 10.1. The Balaban J connectivity index is 0.00000108. The maximum Gasteiger partial charge on any atom is 0.180 e. The Morgan fingerprint density at radius 3 is 2.65 bits per heavy atom. The van der Waals surface area contributed by atoms with Crippen LogP contribution in [0.2, 0.25) is 0 Å². The van der Waals surface area contributed by atoms with Gasteiger partial charge in [-0.25, -0.2) is 4.98 Å². The number of nitrogen functional groups attached to an aromatic ring is 1. The molecule has 0 aliphatic heterocycles. The summed E-state index contributed by atoms with van der Waals surface area (Å²) in [4.78, 5) is 8.13. The second-order valence-electron chi connectivity index (χ2n) is 5.15. The number of nitrogens with zero attached hydrogens (tertiary/aromatic N) is 2. The van der Waals surface area contributed by atoms with Gasteiger partial charge >= 0.3 is 0 Å². The summed E-state index contributed by atoms with van der Waals surface area (Å²) >= 11 is 1.64. The first-order valence-corrected chi connectivity index (χ1v) is 7.01. The van der Waals surface area contributed by atoms with E-state index in [-0.39, 0.29) is 12.4 Å². The molecule has 1 heterocycles. The largest absolute Gasteiger partial charge is 0.375 e. The molecule has 0 radical (unpaired) electrons. The number of halogens is 1. The van der Waals surface area contributed by atoms with Gasteiger partial charge in [-0.15, -0.1) is 23.7 Å². The number of anilines is 1. The van der Waals surface area contributed by atoms with Crippen LogP contribution in [0, 0.1) is 5.92 Å². The summed E-state index contributed by atoms with van der Waals surface area (Å²) in [6.07, 6.45) is 7.55. The highest BCUT2D eigenvalue weighted by atomic mass is 35.5. The molecular formula is C12H20ClN3S. The van der Waals surface area contributed by atoms with Crippen molar-refractivity contribution in [1.82, 2.24) is 9.88 Å². The molecule has 0 saturated heterocycles. The molecule has 2 aliphatic rings. The van der Waals surface area contributed by atoms with E-state index >= 15 is 0 Å². The van der Waals surface area contributed by atoms with Crippen molar-refractivity contribution < 1.29 is 0 Å². The quantitative estimate of drug-likeness (QED) is 0.897. The van der Waals surface area contributed by atoms with Crippen LogP contribution in [-0.4, -0.2) is 22.0 Å². The molecule has 2 saturated carbocycles. The van der Waals surface area contributed by atoms with Gasteiger partial charge in [-0.05, 0) is 38.5 Å². The minimum absolute atomic E-state index is 0. The standard InChI is InChI=1S/C12H19N3S.ClH/c1-8(9-2-3-9)15(10-4-5-10)7-11-6-14-12(13)16-11;/h6,8-10H,2-5,7H2,1H3,(H2,13,14);1H. The first-order chi connectivity index (χ1) is 7.74. The van der Waals surface area contributed by atoms with E-state index in [0.29, 0.717) is 5.13 Å². The van der Waals surface area contributed by atoms with E-state index < -0.39 is 0 Å². The summed E-state index contributed by atoms with van der Waals surface area (Å²) < 4.78 is 0. The van der Waals surface area contributed by atoms with Gasteiger partial charge in [0.2, 0.25) is 0 Å². The highest BCUT2D eigenvalue weighted by molar-refractivity contribution is 7.15. The fourth-order valence-corrected chi connectivity index (χ4v) is 3.13. The summed E-state index contributed by atoms with van der Waals surface area (Å²) in [5.74, 6) is 0.950. The van der Waals surface area contributed by atoms with E-state index in [9.17, 15) is 0 Å². The van der Waals surface area contributed by atoms with E-state index in [1.54, 1.807) is 11.3 Å². The van der Waals surface area contributed by atoms with Crippen molar-refractivity contribution in [3.63, 3.8) is 0 Å². The minimum atomic E-state index is 0. The Morgan fingerprint density at radius 2 is 2.18 bits per heavy atom. The van der Waals surface area contributed by atoms with E-state index in [1.807, 2.05) is 6.20 Å². The zero-order valence-corrected chi connectivity index (χ0v) is 11.8. The minimum Gasteiger partial charge on any atom is -0.375 e. The normalized spacial score (nSPS) is 21.3. The van der Waals surface area contributed by atoms with E-state index in [2.05, 4.69) is 16.8 Å². The second kappa shape index (κ2) is 5.12. The van der Waals surface area contributed by atoms with Gasteiger partial charge < -0.3 is 5.73 Å². The van der Waals surface area contributed by atoms with Crippen LogP contribution in [0.15, 0.2) is 6.20 Å². The molecule has 3 rings (SSSR count). The lowest BCUT2D eigenvalue weighted by molar-refractivity contribution is 0.172. The van der Waals surface area contributed by atoms with Gasteiger partial charge in [0, 0.05) is 29.7 Å². The van der Waals surface area contributed by atoms with E-state index in [0.717, 1.165) is 24.5 Å². The van der Waals surface area contributed by atoms with Gasteiger partial charge in [-0.3, -0.25) is 4.90 Å². The molecule has 0 bridgehead atoms. The van der Waals surface area contributed by atoms with Crippen molar-refractivity contribution in [3.05, 3.63) is 11.1 Å². The number of aromatic nitrogens is 1. The van der Waals surface area contributed by atoms with Crippen LogP contribution < -0.4 is 5.73 Å². The molecule has 3 nitrogen and oxygen atoms in total. The van der Waals surface area contributed by atoms with Crippen LogP contribution in [0.3, 0.4) is 0 Å². The third kappa shape index (κ3) is 3.12. The monoisotopic (exact) mass is 273 g/mol. The van der Waals surface area contributed by atoms with Crippen LogP contribution in [0.5, 0.6) is 0 Å². The lowest BCUT2D eigenvalue weighted by Crippen LogP contribution is -2.35. The van der Waals surface area contributed by atoms with Crippen LogP contribution in [0.1, 0.15) is 37.5 Å². The van der Waals surface area contributed by atoms with Crippen molar-refractivity contribution in [2.45, 2.75) is 51.2 Å². The molecule has 1 atom stereocenters. The number of hydrogen-bond acceptors (Lipinski definition) is 4. The van der Waals surface area contributed by atoms with Crippen molar-refractivity contribution in [3.8, 4) is 0 Å². The van der Waals surface area contributed by atoms with Crippen LogP contribution >= 0.6 is 23.7 Å². The fourth-order valence-electron chi connectivity index (χ4n) is 2.44. The van der Waals surface area contributed by atoms with Crippen molar-refractivity contribution >= 4 is 28.9 Å². The lowest BCUT2D eigenvalue weighted by Gasteiger charge is -2.28. The Labute approximate surface area is 113 Å². The molecule has 0 aromatic carbocycles. The molecular weight excluding hydrogens is 254 g/mol. The van der Waals surface area contributed by atoms with Crippen molar-refractivity contribution in [2.24, 2.45) is 5.92 Å². The van der Waals surface area contributed by atoms with Gasteiger partial charge in [-0.1, -0.05) is 0 Å². The highest BCUT2D eigenvalue weighted by Crippen LogP contribution is 2.40. The molecule has 96 valence electrons. The molecule has 5 heteroatoms. The van der Waals surface area contributed by atoms with E-state index in [4.69, 9.17) is 5.73 Å². The number of rotatable bonds is 5. The predicted octanol–water partition coefficient (Wildman–Crippen LogP) is 2.91. The van der Waals surface area contributed by atoms with Crippen molar-refractivity contribution in [1.29, 1.82) is 0 Å². The Bertz CT molecular complexity index is 374. The third-order valence-corrected chi connectivity index (χ3v) is 4.56. The Morgan fingerprint density at radius 1 is 1.47 bits per heavy atom. The highest BCUT2D eigenvalue weighted by Gasteiger charge is 2.39. The topological polar surface area (TPSA) is 42.2 Å². The molecule has 2 N–H and O–H groups in total. The van der Waals surface area contributed by atoms with Crippen LogP contribution in [0.25, 0.3) is 0 Å². The smallest absolute Gasteiger partial charge is 0.180 e.